The molecule has 8 nitrogen and oxygen atoms in total. The Kier molecular flexibility index (Phi) is 3.83. The summed E-state index contributed by atoms with van der Waals surface area (Å²) in [5.74, 6) is 0.867. The first kappa shape index (κ1) is 15.0. The molecule has 1 aliphatic heterocycles. The molecule has 24 heavy (non-hydrogen) atoms. The van der Waals surface area contributed by atoms with E-state index in [2.05, 4.69) is 25.3 Å². The number of aliphatic hydroxyl groups is 1. The molecule has 2 aromatic heterocycles. The lowest BCUT2D eigenvalue weighted by molar-refractivity contribution is 0.0271. The fourth-order valence-corrected chi connectivity index (χ4v) is 3.18. The third-order valence-electron chi connectivity index (χ3n) is 4.32. The zero-order chi connectivity index (χ0) is 16.4. The third kappa shape index (κ3) is 3.06. The van der Waals surface area contributed by atoms with E-state index in [1.165, 1.54) is 0 Å². The van der Waals surface area contributed by atoms with Gasteiger partial charge in [0.1, 0.15) is 12.2 Å². The summed E-state index contributed by atoms with van der Waals surface area (Å²) in [7, 11) is 0. The van der Waals surface area contributed by atoms with Crippen molar-refractivity contribution in [2.24, 2.45) is 0 Å². The number of hydrogen-bond donors (Lipinski definition) is 1. The zero-order valence-electron chi connectivity index (χ0n) is 13.2. The summed E-state index contributed by atoms with van der Waals surface area (Å²) in [6, 6.07) is 9.94. The molecule has 1 atom stereocenters. The number of aromatic nitrogens is 6. The summed E-state index contributed by atoms with van der Waals surface area (Å²) < 4.78 is 3.52. The molecule has 0 spiro atoms. The number of rotatable bonds is 5. The predicted octanol–water partition coefficient (Wildman–Crippen LogP) is 0.496. The van der Waals surface area contributed by atoms with Crippen LogP contribution in [0.2, 0.25) is 0 Å². The van der Waals surface area contributed by atoms with Crippen molar-refractivity contribution in [1.82, 2.24) is 34.7 Å². The Morgan fingerprint density at radius 2 is 2.08 bits per heavy atom. The van der Waals surface area contributed by atoms with Crippen molar-refractivity contribution in [2.75, 3.05) is 13.1 Å². The number of β-amino-alcohol motifs (C(OH)–C–C–N with tert-alkyl or cyclic N) is 1. The highest BCUT2D eigenvalue weighted by Crippen LogP contribution is 2.24. The quantitative estimate of drug-likeness (QED) is 0.735. The van der Waals surface area contributed by atoms with Crippen molar-refractivity contribution in [3.8, 4) is 5.69 Å². The minimum atomic E-state index is -0.786. The molecule has 0 aliphatic carbocycles. The Balaban J connectivity index is 1.45. The van der Waals surface area contributed by atoms with Crippen molar-refractivity contribution < 1.29 is 5.11 Å². The molecule has 4 rings (SSSR count). The van der Waals surface area contributed by atoms with Gasteiger partial charge in [-0.1, -0.05) is 23.4 Å². The maximum absolute atomic E-state index is 10.8. The average molecular weight is 325 g/mol. The van der Waals surface area contributed by atoms with Gasteiger partial charge in [-0.25, -0.2) is 14.3 Å². The minimum Gasteiger partial charge on any atom is -0.387 e. The summed E-state index contributed by atoms with van der Waals surface area (Å²) in [6.07, 6.45) is 5.66. The zero-order valence-corrected chi connectivity index (χ0v) is 13.2. The van der Waals surface area contributed by atoms with Gasteiger partial charge in [-0.05, 0) is 18.6 Å². The molecule has 3 heterocycles. The van der Waals surface area contributed by atoms with Crippen LogP contribution in [0.5, 0.6) is 0 Å². The van der Waals surface area contributed by atoms with Crippen LogP contribution >= 0.6 is 0 Å². The second-order valence-electron chi connectivity index (χ2n) is 6.21. The highest BCUT2D eigenvalue weighted by Gasteiger charge is 2.37. The van der Waals surface area contributed by atoms with Gasteiger partial charge in [-0.2, -0.15) is 5.10 Å². The highest BCUT2D eigenvalue weighted by atomic mass is 16.3. The molecule has 124 valence electrons. The number of hydrogen-bond acceptors (Lipinski definition) is 6. The first-order chi connectivity index (χ1) is 11.7. The van der Waals surface area contributed by atoms with Gasteiger partial charge < -0.3 is 5.11 Å². The summed E-state index contributed by atoms with van der Waals surface area (Å²) >= 11 is 0. The molecular formula is C16H19N7O. The van der Waals surface area contributed by atoms with Crippen molar-refractivity contribution in [3.63, 3.8) is 0 Å². The van der Waals surface area contributed by atoms with E-state index in [4.69, 9.17) is 0 Å². The standard InChI is InChI=1S/C16H19N7O/c24-16(12-22-9-7-18-20-22)6-8-21(11-16)10-15-17-13-19-23(15)14-4-2-1-3-5-14/h1-5,7,9,13,24H,6,8,10-12H2. The van der Waals surface area contributed by atoms with E-state index in [-0.39, 0.29) is 0 Å². The second kappa shape index (κ2) is 6.14. The van der Waals surface area contributed by atoms with E-state index < -0.39 is 5.60 Å². The number of para-hydroxylation sites is 1. The molecular weight excluding hydrogens is 306 g/mol. The van der Waals surface area contributed by atoms with Crippen LogP contribution in [-0.4, -0.2) is 58.5 Å². The van der Waals surface area contributed by atoms with Gasteiger partial charge in [0.25, 0.3) is 0 Å². The Morgan fingerprint density at radius 3 is 2.88 bits per heavy atom. The van der Waals surface area contributed by atoms with Crippen LogP contribution in [-0.2, 0) is 13.1 Å². The highest BCUT2D eigenvalue weighted by molar-refractivity contribution is 5.30. The molecule has 1 N–H and O–H groups in total. The molecule has 0 radical (unpaired) electrons. The van der Waals surface area contributed by atoms with Crippen molar-refractivity contribution in [2.45, 2.75) is 25.1 Å². The first-order valence-electron chi connectivity index (χ1n) is 7.95. The van der Waals surface area contributed by atoms with Crippen LogP contribution in [0.1, 0.15) is 12.2 Å². The predicted molar refractivity (Wildman–Crippen MR) is 86.2 cm³/mol. The summed E-state index contributed by atoms with van der Waals surface area (Å²) in [5, 5.41) is 22.8. The van der Waals surface area contributed by atoms with Crippen LogP contribution in [0.3, 0.4) is 0 Å². The largest absolute Gasteiger partial charge is 0.387 e. The van der Waals surface area contributed by atoms with Crippen LogP contribution < -0.4 is 0 Å². The molecule has 1 aromatic carbocycles. The smallest absolute Gasteiger partial charge is 0.146 e. The lowest BCUT2D eigenvalue weighted by Crippen LogP contribution is -2.37. The minimum absolute atomic E-state index is 0.453. The normalized spacial score (nSPS) is 21.4. The summed E-state index contributed by atoms with van der Waals surface area (Å²) in [4.78, 5) is 6.58. The van der Waals surface area contributed by atoms with E-state index >= 15 is 0 Å². The third-order valence-corrected chi connectivity index (χ3v) is 4.32. The topological polar surface area (TPSA) is 84.9 Å². The fraction of sp³-hybridized carbons (Fsp3) is 0.375. The molecule has 8 heteroatoms. The lowest BCUT2D eigenvalue weighted by Gasteiger charge is -2.23. The van der Waals surface area contributed by atoms with Gasteiger partial charge >= 0.3 is 0 Å². The van der Waals surface area contributed by atoms with Crippen molar-refractivity contribution >= 4 is 0 Å². The number of nitrogens with zero attached hydrogens (tertiary/aromatic N) is 7. The molecule has 0 saturated carbocycles. The van der Waals surface area contributed by atoms with E-state index in [0.29, 0.717) is 26.1 Å². The molecule has 1 aliphatic rings. The van der Waals surface area contributed by atoms with Crippen LogP contribution in [0.15, 0.2) is 49.1 Å². The maximum atomic E-state index is 10.8. The van der Waals surface area contributed by atoms with Gasteiger partial charge in [0.05, 0.1) is 30.6 Å². The number of likely N-dealkylation sites (tertiary alicyclic amines) is 1. The molecule has 3 aromatic rings. The Hall–Kier alpha value is -2.58. The monoisotopic (exact) mass is 325 g/mol. The van der Waals surface area contributed by atoms with E-state index in [9.17, 15) is 5.11 Å². The molecule has 0 amide bonds. The van der Waals surface area contributed by atoms with Gasteiger partial charge in [0, 0.05) is 19.3 Å². The average Bonchev–Trinajstić information content (AvgIpc) is 3.31. The van der Waals surface area contributed by atoms with Gasteiger partial charge in [-0.15, -0.1) is 5.10 Å². The second-order valence-corrected chi connectivity index (χ2v) is 6.21. The van der Waals surface area contributed by atoms with Crippen molar-refractivity contribution in [1.29, 1.82) is 0 Å². The Bertz CT molecular complexity index is 786. The summed E-state index contributed by atoms with van der Waals surface area (Å²) in [6.45, 7) is 2.49. The molecule has 1 saturated heterocycles. The van der Waals surface area contributed by atoms with E-state index in [1.807, 2.05) is 35.0 Å². The van der Waals surface area contributed by atoms with Crippen molar-refractivity contribution in [3.05, 3.63) is 54.9 Å². The maximum Gasteiger partial charge on any atom is 0.146 e. The molecule has 1 unspecified atom stereocenters. The van der Waals surface area contributed by atoms with Gasteiger partial charge in [0.2, 0.25) is 0 Å². The van der Waals surface area contributed by atoms with Gasteiger partial charge in [0.15, 0.2) is 0 Å². The fourth-order valence-electron chi connectivity index (χ4n) is 3.18. The molecule has 1 fully saturated rings. The van der Waals surface area contributed by atoms with E-state index in [0.717, 1.165) is 18.1 Å². The Labute approximate surface area is 139 Å². The van der Waals surface area contributed by atoms with Gasteiger partial charge in [-0.3, -0.25) is 4.90 Å². The number of benzene rings is 1. The molecule has 0 bridgehead atoms. The Morgan fingerprint density at radius 1 is 1.21 bits per heavy atom. The first-order valence-corrected chi connectivity index (χ1v) is 7.95. The van der Waals surface area contributed by atoms with Crippen LogP contribution in [0, 0.1) is 0 Å². The summed E-state index contributed by atoms with van der Waals surface area (Å²) in [5.41, 5.74) is 0.202. The van der Waals surface area contributed by atoms with E-state index in [1.54, 1.807) is 23.4 Å². The SMILES string of the molecule is OC1(Cn2ccnn2)CCN(Cc2ncnn2-c2ccccc2)C1. The lowest BCUT2D eigenvalue weighted by atomic mass is 10.0. The van der Waals surface area contributed by atoms with Crippen LogP contribution in [0.25, 0.3) is 5.69 Å². The van der Waals surface area contributed by atoms with Crippen LogP contribution in [0.4, 0.5) is 0 Å².